The predicted molar refractivity (Wildman–Crippen MR) is 65.5 cm³/mol. The van der Waals surface area contributed by atoms with Gasteiger partial charge in [0.05, 0.1) is 19.2 Å². The average molecular weight is 250 g/mol. The van der Waals surface area contributed by atoms with Gasteiger partial charge in [-0.3, -0.25) is 0 Å². The number of methoxy groups -OCH3 is 1. The Morgan fingerprint density at radius 2 is 1.88 bits per heavy atom. The minimum Gasteiger partial charge on any atom is -0.497 e. The number of rotatable bonds is 3. The fourth-order valence-corrected chi connectivity index (χ4v) is 1.93. The van der Waals surface area contributed by atoms with Crippen molar-refractivity contribution in [2.75, 3.05) is 7.11 Å². The Bertz CT molecular complexity index is 553. The summed E-state index contributed by atoms with van der Waals surface area (Å²) in [6, 6.07) is 11.2. The third-order valence-corrected chi connectivity index (χ3v) is 2.90. The van der Waals surface area contributed by atoms with Crippen LogP contribution < -0.4 is 4.74 Å². The molecule has 2 aromatic rings. The van der Waals surface area contributed by atoms with Crippen molar-refractivity contribution in [3.8, 4) is 5.75 Å². The Morgan fingerprint density at radius 1 is 1.18 bits per heavy atom. The van der Waals surface area contributed by atoms with E-state index in [9.17, 15) is 4.79 Å². The zero-order valence-corrected chi connectivity index (χ0v) is 9.86. The fourth-order valence-electron chi connectivity index (χ4n) is 1.46. The maximum Gasteiger partial charge on any atom is 0.518 e. The molecule has 0 atom stereocenters. The van der Waals surface area contributed by atoms with Gasteiger partial charge in [0.25, 0.3) is 0 Å². The van der Waals surface area contributed by atoms with E-state index in [0.29, 0.717) is 0 Å². The Hall–Kier alpha value is -1.88. The third kappa shape index (κ3) is 2.82. The summed E-state index contributed by atoms with van der Waals surface area (Å²) in [5, 5.41) is 10.4. The zero-order valence-electron chi connectivity index (χ0n) is 9.04. The van der Waals surface area contributed by atoms with Crippen molar-refractivity contribution in [3.63, 3.8) is 0 Å². The first-order chi connectivity index (χ1) is 8.19. The maximum absolute atomic E-state index is 10.3. The summed E-state index contributed by atoms with van der Waals surface area (Å²) >= 11 is 0.823. The number of hydrogen-bond donors (Lipinski definition) is 1. The van der Waals surface area contributed by atoms with Gasteiger partial charge in [-0.2, -0.15) is 0 Å². The van der Waals surface area contributed by atoms with E-state index in [4.69, 9.17) is 9.84 Å². The van der Waals surface area contributed by atoms with Gasteiger partial charge in [-0.05, 0) is 35.0 Å². The molecule has 4 nitrogen and oxygen atoms in total. The molecule has 2 aromatic carbocycles. The number of carboxylic acid groups (broad SMARTS) is 1. The fraction of sp³-hybridized carbons (Fsp3) is 0.0833. The molecule has 0 radical (unpaired) electrons. The lowest BCUT2D eigenvalue weighted by Gasteiger charge is -2.04. The van der Waals surface area contributed by atoms with Gasteiger partial charge < -0.3 is 14.0 Å². The molecule has 0 bridgehead atoms. The molecule has 88 valence electrons. The van der Waals surface area contributed by atoms with Crippen molar-refractivity contribution in [2.24, 2.45) is 0 Å². The van der Waals surface area contributed by atoms with Gasteiger partial charge in [-0.25, -0.2) is 4.79 Å². The zero-order chi connectivity index (χ0) is 12.3. The summed E-state index contributed by atoms with van der Waals surface area (Å²) in [5.74, 6) is 0.791. The topological polar surface area (TPSA) is 55.8 Å². The van der Waals surface area contributed by atoms with E-state index in [2.05, 4.69) is 4.18 Å². The van der Waals surface area contributed by atoms with Crippen LogP contribution in [0.2, 0.25) is 0 Å². The first kappa shape index (κ1) is 11.6. The summed E-state index contributed by atoms with van der Waals surface area (Å²) in [4.78, 5) is 11.0. The highest BCUT2D eigenvalue weighted by Crippen LogP contribution is 2.26. The van der Waals surface area contributed by atoms with Crippen LogP contribution in [0, 0.1) is 0 Å². The summed E-state index contributed by atoms with van der Waals surface area (Å²) < 4.78 is 9.55. The minimum atomic E-state index is -1.30. The highest BCUT2D eigenvalue weighted by molar-refractivity contribution is 7.95. The van der Waals surface area contributed by atoms with E-state index in [1.54, 1.807) is 13.2 Å². The van der Waals surface area contributed by atoms with Crippen molar-refractivity contribution in [3.05, 3.63) is 36.4 Å². The van der Waals surface area contributed by atoms with E-state index in [1.165, 1.54) is 0 Å². The molecule has 0 aliphatic rings. The van der Waals surface area contributed by atoms with E-state index in [1.807, 2.05) is 30.3 Å². The monoisotopic (exact) mass is 250 g/mol. The van der Waals surface area contributed by atoms with Crippen molar-refractivity contribution < 1.29 is 18.8 Å². The molecule has 0 saturated heterocycles. The largest absolute Gasteiger partial charge is 0.518 e. The van der Waals surface area contributed by atoms with Crippen LogP contribution in [0.3, 0.4) is 0 Å². The summed E-state index contributed by atoms with van der Waals surface area (Å²) in [6.07, 6.45) is -1.30. The van der Waals surface area contributed by atoms with Crippen LogP contribution in [-0.2, 0) is 4.18 Å². The van der Waals surface area contributed by atoms with Gasteiger partial charge in [0.1, 0.15) is 5.75 Å². The molecule has 0 aromatic heterocycles. The third-order valence-electron chi connectivity index (χ3n) is 2.23. The number of hydrogen-bond acceptors (Lipinski definition) is 4. The number of carbonyl (C=O) groups is 1. The molecule has 5 heteroatoms. The van der Waals surface area contributed by atoms with Gasteiger partial charge in [0, 0.05) is 4.90 Å². The quantitative estimate of drug-likeness (QED) is 0.844. The minimum absolute atomic E-state index is 0.741. The standard InChI is InChI=1S/C12H10O4S/c1-15-10-4-2-9-7-11(17-16-12(13)14)5-3-8(9)6-10/h2-7H,1H3,(H,13,14). The summed E-state index contributed by atoms with van der Waals surface area (Å²) in [5.41, 5.74) is 0. The molecule has 0 saturated carbocycles. The van der Waals surface area contributed by atoms with E-state index < -0.39 is 6.16 Å². The smallest absolute Gasteiger partial charge is 0.497 e. The second-order valence-electron chi connectivity index (χ2n) is 3.31. The van der Waals surface area contributed by atoms with Gasteiger partial charge in [-0.15, -0.1) is 0 Å². The van der Waals surface area contributed by atoms with Gasteiger partial charge in [0.15, 0.2) is 0 Å². The lowest BCUT2D eigenvalue weighted by molar-refractivity contribution is 0.153. The molecule has 2 rings (SSSR count). The lowest BCUT2D eigenvalue weighted by atomic mass is 10.1. The molecule has 0 heterocycles. The molecule has 1 N–H and O–H groups in total. The molecule has 17 heavy (non-hydrogen) atoms. The summed E-state index contributed by atoms with van der Waals surface area (Å²) in [6.45, 7) is 0. The molecule has 0 aliphatic carbocycles. The first-order valence-corrected chi connectivity index (χ1v) is 5.58. The normalized spacial score (nSPS) is 10.2. The lowest BCUT2D eigenvalue weighted by Crippen LogP contribution is -1.91. The van der Waals surface area contributed by atoms with Crippen LogP contribution in [-0.4, -0.2) is 18.4 Å². The van der Waals surface area contributed by atoms with Crippen LogP contribution in [0.15, 0.2) is 41.3 Å². The Labute approximate surface area is 102 Å². The van der Waals surface area contributed by atoms with E-state index in [0.717, 1.165) is 33.5 Å². The Kier molecular flexibility index (Phi) is 3.39. The van der Waals surface area contributed by atoms with Crippen molar-refractivity contribution in [1.29, 1.82) is 0 Å². The van der Waals surface area contributed by atoms with Crippen molar-refractivity contribution in [2.45, 2.75) is 4.90 Å². The van der Waals surface area contributed by atoms with Crippen molar-refractivity contribution in [1.82, 2.24) is 0 Å². The van der Waals surface area contributed by atoms with Crippen LogP contribution in [0.5, 0.6) is 5.75 Å². The maximum atomic E-state index is 10.3. The second-order valence-corrected chi connectivity index (χ2v) is 4.11. The first-order valence-electron chi connectivity index (χ1n) is 4.84. The molecule has 0 unspecified atom stereocenters. The van der Waals surface area contributed by atoms with E-state index >= 15 is 0 Å². The number of ether oxygens (including phenoxy) is 1. The summed E-state index contributed by atoms with van der Waals surface area (Å²) in [7, 11) is 1.62. The molecule has 0 aliphatic heterocycles. The second kappa shape index (κ2) is 4.97. The molecule has 0 amide bonds. The number of benzene rings is 2. The predicted octanol–water partition coefficient (Wildman–Crippen LogP) is 3.55. The van der Waals surface area contributed by atoms with Crippen LogP contribution in [0.25, 0.3) is 10.8 Å². The van der Waals surface area contributed by atoms with Crippen LogP contribution >= 0.6 is 12.0 Å². The van der Waals surface area contributed by atoms with Crippen LogP contribution in [0.1, 0.15) is 0 Å². The molecular formula is C12H10O4S. The average Bonchev–Trinajstić information content (AvgIpc) is 2.35. The van der Waals surface area contributed by atoms with E-state index in [-0.39, 0.29) is 0 Å². The Balaban J connectivity index is 2.28. The van der Waals surface area contributed by atoms with Gasteiger partial charge in [0.2, 0.25) is 0 Å². The van der Waals surface area contributed by atoms with Gasteiger partial charge in [-0.1, -0.05) is 12.1 Å². The van der Waals surface area contributed by atoms with Crippen LogP contribution in [0.4, 0.5) is 4.79 Å². The Morgan fingerprint density at radius 3 is 2.59 bits per heavy atom. The SMILES string of the molecule is COc1ccc2cc(SOC(=O)O)ccc2c1. The highest BCUT2D eigenvalue weighted by atomic mass is 32.2. The molecular weight excluding hydrogens is 240 g/mol. The number of fused-ring (bicyclic) bond motifs is 1. The molecule has 0 fully saturated rings. The highest BCUT2D eigenvalue weighted by Gasteiger charge is 2.03. The molecule has 0 spiro atoms. The van der Waals surface area contributed by atoms with Gasteiger partial charge >= 0.3 is 6.16 Å². The van der Waals surface area contributed by atoms with Crippen molar-refractivity contribution >= 4 is 29.0 Å².